The third-order valence-electron chi connectivity index (χ3n) is 11.2. The topological polar surface area (TPSA) is 74.3 Å². The van der Waals surface area contributed by atoms with Gasteiger partial charge < -0.3 is 19.8 Å². The number of thiol groups is 1. The highest BCUT2D eigenvalue weighted by atomic mass is 32.1. The lowest BCUT2D eigenvalue weighted by Gasteiger charge is -2.24. The summed E-state index contributed by atoms with van der Waals surface area (Å²) < 4.78 is 4.64. The maximum atomic E-state index is 10.1. The summed E-state index contributed by atoms with van der Waals surface area (Å²) in [5.74, 6) is 0. The number of benzene rings is 8. The van der Waals surface area contributed by atoms with Gasteiger partial charge in [-0.2, -0.15) is 0 Å². The lowest BCUT2D eigenvalue weighted by molar-refractivity contribution is 1.18. The highest BCUT2D eigenvalue weighted by Crippen LogP contribution is 2.47. The largest absolute Gasteiger partial charge is 0.351 e. The quantitative estimate of drug-likeness (QED) is 0.0699. The van der Waals surface area contributed by atoms with E-state index in [1.54, 1.807) is 22.7 Å². The van der Waals surface area contributed by atoms with E-state index in [9.17, 15) is 5.41 Å². The van der Waals surface area contributed by atoms with Crippen molar-refractivity contribution in [2.75, 3.05) is 9.80 Å². The summed E-state index contributed by atoms with van der Waals surface area (Å²) in [5, 5.41) is 17.5. The number of nitrogens with zero attached hydrogens (tertiary/aromatic N) is 3. The van der Waals surface area contributed by atoms with Gasteiger partial charge in [-0.05, 0) is 96.4 Å². The number of aromatic amines is 2. The van der Waals surface area contributed by atoms with Gasteiger partial charge in [0.1, 0.15) is 15.4 Å². The Balaban J connectivity index is 1.20. The summed E-state index contributed by atoms with van der Waals surface area (Å²) in [4.78, 5) is 14.4. The van der Waals surface area contributed by atoms with Crippen LogP contribution in [0.4, 0.5) is 32.8 Å². The van der Waals surface area contributed by atoms with Gasteiger partial charge in [-0.1, -0.05) is 121 Å². The molecule has 1 aliphatic heterocycles. The Bertz CT molecular complexity index is 3390. The second-order valence-electron chi connectivity index (χ2n) is 14.7. The van der Waals surface area contributed by atoms with E-state index in [0.29, 0.717) is 10.7 Å². The van der Waals surface area contributed by atoms with Crippen molar-refractivity contribution in [2.24, 2.45) is 4.40 Å². The van der Waals surface area contributed by atoms with Gasteiger partial charge in [0.15, 0.2) is 0 Å². The van der Waals surface area contributed by atoms with E-state index in [-0.39, 0.29) is 0 Å². The van der Waals surface area contributed by atoms with E-state index in [2.05, 4.69) is 207 Å². The Morgan fingerprint density at radius 2 is 0.754 bits per heavy atom. The van der Waals surface area contributed by atoms with Crippen LogP contribution in [0.2, 0.25) is 0 Å². The molecule has 0 saturated heterocycles. The molecule has 0 saturated carbocycles. The number of para-hydroxylation sites is 4. The highest BCUT2D eigenvalue weighted by Gasteiger charge is 2.27. The summed E-state index contributed by atoms with van der Waals surface area (Å²) in [7, 11) is 0. The van der Waals surface area contributed by atoms with Crippen molar-refractivity contribution in [1.82, 2.24) is 9.97 Å². The van der Waals surface area contributed by atoms with Gasteiger partial charge in [0, 0.05) is 54.4 Å². The number of thiophene rings is 2. The Labute approximate surface area is 365 Å². The maximum absolute atomic E-state index is 10.1. The molecule has 0 spiro atoms. The van der Waals surface area contributed by atoms with E-state index in [4.69, 9.17) is 0 Å². The number of anilines is 6. The van der Waals surface area contributed by atoms with Crippen LogP contribution in [-0.4, -0.2) is 9.97 Å². The van der Waals surface area contributed by atoms with Gasteiger partial charge in [0.05, 0.1) is 27.8 Å². The first-order valence-electron chi connectivity index (χ1n) is 20.0. The SMILES string of the molecule is N=c1c(-c2ccc(N(c3ccccc3)c3ccccc3)s2)c2[nH]c3c4ccccc4c4ccccc4c3[nH]c-2c(-c2ccc(N(c3ccccc3)c3ccccc3)s2)c1=NS. The molecule has 3 N–H and O–H groups in total. The fraction of sp³-hybridized carbons (Fsp3) is 0. The first kappa shape index (κ1) is 36.9. The molecule has 1 aliphatic carbocycles. The maximum Gasteiger partial charge on any atom is 0.107 e. The first-order valence-corrected chi connectivity index (χ1v) is 22.0. The number of hydrogen-bond donors (Lipinski definition) is 4. The van der Waals surface area contributed by atoms with Crippen molar-refractivity contribution in [3.8, 4) is 32.3 Å². The first-order chi connectivity index (χ1) is 30.2. The summed E-state index contributed by atoms with van der Waals surface area (Å²) in [6, 6.07) is 67.4. The van der Waals surface area contributed by atoms with Crippen molar-refractivity contribution < 1.29 is 0 Å². The van der Waals surface area contributed by atoms with Crippen LogP contribution in [0, 0.1) is 5.41 Å². The third-order valence-corrected chi connectivity index (χ3v) is 13.6. The molecule has 9 aromatic rings. The Hall–Kier alpha value is -7.17. The number of nitrogens with one attached hydrogen (secondary N) is 3. The van der Waals surface area contributed by atoms with Gasteiger partial charge in [-0.25, -0.2) is 4.40 Å². The Kier molecular flexibility index (Phi) is 9.34. The summed E-state index contributed by atoms with van der Waals surface area (Å²) in [6.07, 6.45) is 0. The molecule has 0 amide bonds. The lowest BCUT2D eigenvalue weighted by Crippen LogP contribution is -2.30. The van der Waals surface area contributed by atoms with Crippen molar-refractivity contribution in [3.05, 3.63) is 205 Å². The predicted molar refractivity (Wildman–Crippen MR) is 261 cm³/mol. The summed E-state index contributed by atoms with van der Waals surface area (Å²) in [5.41, 5.74) is 9.42. The number of rotatable bonds is 8. The van der Waals surface area contributed by atoms with Crippen molar-refractivity contribution in [2.45, 2.75) is 0 Å². The zero-order valence-corrected chi connectivity index (χ0v) is 35.1. The molecular weight excluding hydrogens is 805 g/mol. The van der Waals surface area contributed by atoms with Crippen LogP contribution in [0.15, 0.2) is 199 Å². The molecule has 0 bridgehead atoms. The lowest BCUT2D eigenvalue weighted by atomic mass is 9.95. The Morgan fingerprint density at radius 1 is 0.410 bits per heavy atom. The van der Waals surface area contributed by atoms with Crippen LogP contribution < -0.4 is 20.5 Å². The summed E-state index contributed by atoms with van der Waals surface area (Å²) >= 11 is 7.95. The molecule has 2 aliphatic rings. The number of aromatic nitrogens is 2. The minimum atomic E-state index is 0.295. The molecule has 9 heteroatoms. The van der Waals surface area contributed by atoms with Crippen molar-refractivity contribution in [3.63, 3.8) is 0 Å². The van der Waals surface area contributed by atoms with Gasteiger partial charge >= 0.3 is 0 Å². The second-order valence-corrected chi connectivity index (χ2v) is 17.0. The monoisotopic (exact) mass is 840 g/mol. The molecule has 0 radical (unpaired) electrons. The van der Waals surface area contributed by atoms with E-state index < -0.39 is 0 Å². The smallest absolute Gasteiger partial charge is 0.107 e. The Morgan fingerprint density at radius 3 is 1.15 bits per heavy atom. The van der Waals surface area contributed by atoms with E-state index in [1.165, 1.54) is 0 Å². The van der Waals surface area contributed by atoms with E-state index in [0.717, 1.165) is 97.6 Å². The van der Waals surface area contributed by atoms with Crippen LogP contribution in [-0.2, 0) is 0 Å². The molecule has 11 rings (SSSR count). The minimum Gasteiger partial charge on any atom is -0.351 e. The van der Waals surface area contributed by atoms with E-state index in [1.807, 2.05) is 24.3 Å². The fourth-order valence-corrected chi connectivity index (χ4v) is 10.9. The molecular formula is C52H36N6S3. The molecule has 292 valence electrons. The van der Waals surface area contributed by atoms with Crippen LogP contribution in [0.25, 0.3) is 64.8 Å². The zero-order valence-electron chi connectivity index (χ0n) is 32.6. The number of H-pyrrole nitrogens is 2. The summed E-state index contributed by atoms with van der Waals surface area (Å²) in [6.45, 7) is 0. The van der Waals surface area contributed by atoms with Crippen LogP contribution in [0.1, 0.15) is 0 Å². The van der Waals surface area contributed by atoms with Crippen molar-refractivity contribution in [1.29, 1.82) is 5.41 Å². The number of fused-ring (bicyclic) bond motifs is 7. The van der Waals surface area contributed by atoms with E-state index >= 15 is 0 Å². The van der Waals surface area contributed by atoms with Gasteiger partial charge in [-0.15, -0.1) is 22.7 Å². The number of hydrogen-bond acceptors (Lipinski definition) is 7. The van der Waals surface area contributed by atoms with Gasteiger partial charge in [0.2, 0.25) is 0 Å². The minimum absolute atomic E-state index is 0.295. The average molecular weight is 841 g/mol. The molecule has 6 nitrogen and oxygen atoms in total. The molecule has 0 unspecified atom stereocenters. The molecule has 61 heavy (non-hydrogen) atoms. The average Bonchev–Trinajstić information content (AvgIpc) is 4.01. The van der Waals surface area contributed by atoms with Gasteiger partial charge in [-0.3, -0.25) is 5.41 Å². The van der Waals surface area contributed by atoms with Crippen molar-refractivity contribution >= 4 is 101 Å². The molecule has 2 aromatic heterocycles. The predicted octanol–water partition coefficient (Wildman–Crippen LogP) is 14.5. The van der Waals surface area contributed by atoms with Crippen LogP contribution in [0.3, 0.4) is 0 Å². The fourth-order valence-electron chi connectivity index (χ4n) is 8.50. The second kappa shape index (κ2) is 15.5. The molecule has 3 heterocycles. The van der Waals surface area contributed by atoms with Crippen LogP contribution in [0.5, 0.6) is 0 Å². The zero-order chi connectivity index (χ0) is 40.9. The van der Waals surface area contributed by atoms with Crippen LogP contribution >= 0.6 is 35.5 Å². The normalized spacial score (nSPS) is 11.9. The molecule has 0 fully saturated rings. The third kappa shape index (κ3) is 6.33. The van der Waals surface area contributed by atoms with Gasteiger partial charge in [0.25, 0.3) is 0 Å². The standard InChI is InChI=1S/C52H36N6S3/c53-47-45(41-29-31-43(60-41)57(33-17-5-1-6-18-33)34-19-7-2-8-20-34)51-52(55-49-40-28-16-14-26-38(40)37-25-13-15-27-39(37)48(49)54-51)46(50(47)56-59)42-30-32-44(61-42)58(35-21-9-3-10-22-35)36-23-11-4-12-24-36/h1-32,53-55,59H. The highest BCUT2D eigenvalue weighted by molar-refractivity contribution is 7.78. The molecule has 7 aromatic carbocycles. The molecule has 0 atom stereocenters.